The molecule has 1 aromatic carbocycles. The number of benzene rings is 1. The second kappa shape index (κ2) is 6.66. The quantitative estimate of drug-likeness (QED) is 0.452. The number of hydrogen-bond donors (Lipinski definition) is 0. The first-order valence-electron chi connectivity index (χ1n) is 6.24. The molecule has 0 amide bonds. The van der Waals surface area contributed by atoms with Gasteiger partial charge in [0, 0.05) is 12.1 Å². The van der Waals surface area contributed by atoms with Crippen molar-refractivity contribution < 1.29 is 14.5 Å². The van der Waals surface area contributed by atoms with Crippen LogP contribution in [0.4, 0.5) is 5.69 Å². The number of nitro groups is 1. The predicted octanol–water partition coefficient (Wildman–Crippen LogP) is 2.62. The van der Waals surface area contributed by atoms with Crippen LogP contribution in [0.5, 0.6) is 0 Å². The lowest BCUT2D eigenvalue weighted by molar-refractivity contribution is -0.384. The zero-order valence-corrected chi connectivity index (χ0v) is 11.5. The van der Waals surface area contributed by atoms with Crippen molar-refractivity contribution in [3.63, 3.8) is 0 Å². The lowest BCUT2D eigenvalue weighted by Crippen LogP contribution is -2.29. The van der Waals surface area contributed by atoms with E-state index in [1.54, 1.807) is 19.1 Å². The van der Waals surface area contributed by atoms with E-state index in [1.807, 2.05) is 6.07 Å². The van der Waals surface area contributed by atoms with Crippen molar-refractivity contribution in [2.75, 3.05) is 6.61 Å². The molecule has 0 spiro atoms. The highest BCUT2D eigenvalue weighted by molar-refractivity contribution is 5.79. The van der Waals surface area contributed by atoms with Crippen molar-refractivity contribution in [2.45, 2.75) is 26.7 Å². The van der Waals surface area contributed by atoms with Gasteiger partial charge in [0.15, 0.2) is 5.41 Å². The van der Waals surface area contributed by atoms with E-state index in [0.717, 1.165) is 5.56 Å². The first-order chi connectivity index (χ1) is 9.42. The Labute approximate surface area is 117 Å². The van der Waals surface area contributed by atoms with E-state index in [0.29, 0.717) is 12.8 Å². The van der Waals surface area contributed by atoms with Gasteiger partial charge in [-0.1, -0.05) is 12.1 Å². The Hall–Kier alpha value is -2.42. The number of aryl methyl sites for hydroxylation is 1. The summed E-state index contributed by atoms with van der Waals surface area (Å²) in [6.45, 7) is 3.45. The van der Waals surface area contributed by atoms with Gasteiger partial charge in [0.05, 0.1) is 17.6 Å². The number of esters is 1. The number of nitriles is 1. The van der Waals surface area contributed by atoms with Crippen LogP contribution in [0, 0.1) is 26.9 Å². The van der Waals surface area contributed by atoms with Gasteiger partial charge in [-0.25, -0.2) is 0 Å². The summed E-state index contributed by atoms with van der Waals surface area (Å²) < 4.78 is 4.89. The van der Waals surface area contributed by atoms with Gasteiger partial charge in [0.1, 0.15) is 0 Å². The van der Waals surface area contributed by atoms with E-state index in [1.165, 1.54) is 19.1 Å². The molecule has 1 atom stereocenters. The van der Waals surface area contributed by atoms with Crippen molar-refractivity contribution in [1.82, 2.24) is 0 Å². The predicted molar refractivity (Wildman–Crippen MR) is 71.8 cm³/mol. The Bertz CT molecular complexity index is 533. The number of carbonyl (C=O) groups is 1. The molecule has 1 rings (SSSR count). The van der Waals surface area contributed by atoms with Gasteiger partial charge < -0.3 is 4.74 Å². The molecule has 0 heterocycles. The molecular weight excluding hydrogens is 260 g/mol. The van der Waals surface area contributed by atoms with Crippen LogP contribution in [0.15, 0.2) is 24.3 Å². The Morgan fingerprint density at radius 1 is 1.45 bits per heavy atom. The van der Waals surface area contributed by atoms with Gasteiger partial charge in [-0.05, 0) is 32.3 Å². The maximum atomic E-state index is 11.7. The molecule has 1 unspecified atom stereocenters. The molecule has 0 radical (unpaired) electrons. The molecule has 1 aromatic rings. The summed E-state index contributed by atoms with van der Waals surface area (Å²) in [7, 11) is 0. The molecule has 6 nitrogen and oxygen atoms in total. The van der Waals surface area contributed by atoms with Crippen LogP contribution in [0.3, 0.4) is 0 Å². The van der Waals surface area contributed by atoms with Crippen LogP contribution < -0.4 is 0 Å². The van der Waals surface area contributed by atoms with E-state index in [2.05, 4.69) is 0 Å². The van der Waals surface area contributed by atoms with E-state index >= 15 is 0 Å². The normalized spacial score (nSPS) is 13.1. The number of nitro benzene ring substituents is 1. The molecule has 0 aliphatic heterocycles. The van der Waals surface area contributed by atoms with Crippen molar-refractivity contribution in [3.8, 4) is 6.07 Å². The van der Waals surface area contributed by atoms with Crippen LogP contribution in [0.25, 0.3) is 0 Å². The maximum absolute atomic E-state index is 11.7. The summed E-state index contributed by atoms with van der Waals surface area (Å²) >= 11 is 0. The third-order valence-electron chi connectivity index (χ3n) is 3.03. The Morgan fingerprint density at radius 3 is 2.50 bits per heavy atom. The second-order valence-electron chi connectivity index (χ2n) is 4.59. The molecule has 0 saturated carbocycles. The maximum Gasteiger partial charge on any atom is 0.326 e. The first-order valence-corrected chi connectivity index (χ1v) is 6.24. The zero-order valence-electron chi connectivity index (χ0n) is 11.5. The van der Waals surface area contributed by atoms with Crippen LogP contribution >= 0.6 is 0 Å². The van der Waals surface area contributed by atoms with Crippen molar-refractivity contribution in [3.05, 3.63) is 39.9 Å². The van der Waals surface area contributed by atoms with Gasteiger partial charge in [-0.3, -0.25) is 14.9 Å². The van der Waals surface area contributed by atoms with Gasteiger partial charge >= 0.3 is 5.97 Å². The largest absolute Gasteiger partial charge is 0.465 e. The summed E-state index contributed by atoms with van der Waals surface area (Å²) in [5.74, 6) is -0.538. The average Bonchev–Trinajstić information content (AvgIpc) is 2.45. The molecule has 20 heavy (non-hydrogen) atoms. The van der Waals surface area contributed by atoms with E-state index in [-0.39, 0.29) is 12.3 Å². The monoisotopic (exact) mass is 276 g/mol. The van der Waals surface area contributed by atoms with Crippen LogP contribution in [-0.2, 0) is 16.0 Å². The smallest absolute Gasteiger partial charge is 0.326 e. The average molecular weight is 276 g/mol. The molecule has 6 heteroatoms. The minimum atomic E-state index is -1.20. The van der Waals surface area contributed by atoms with Crippen molar-refractivity contribution in [1.29, 1.82) is 5.26 Å². The number of rotatable bonds is 6. The van der Waals surface area contributed by atoms with Gasteiger partial charge in [0.25, 0.3) is 5.69 Å². The number of hydrogen-bond acceptors (Lipinski definition) is 5. The standard InChI is InChI=1S/C14H16N2O4/c1-3-20-13(17)14(2,10-15)9-8-11-4-6-12(7-5-11)16(18)19/h4-7H,3,8-9H2,1-2H3. The minimum Gasteiger partial charge on any atom is -0.465 e. The molecule has 0 aromatic heterocycles. The number of ether oxygens (including phenoxy) is 1. The van der Waals surface area contributed by atoms with Crippen LogP contribution in [-0.4, -0.2) is 17.5 Å². The topological polar surface area (TPSA) is 93.2 Å². The molecule has 0 saturated heterocycles. The summed E-state index contributed by atoms with van der Waals surface area (Å²) in [5, 5.41) is 19.7. The Balaban J connectivity index is 2.72. The lowest BCUT2D eigenvalue weighted by atomic mass is 9.85. The van der Waals surface area contributed by atoms with Crippen LogP contribution in [0.2, 0.25) is 0 Å². The first kappa shape index (κ1) is 15.6. The molecule has 0 bridgehead atoms. The molecule has 0 fully saturated rings. The Morgan fingerprint density at radius 2 is 2.05 bits per heavy atom. The molecule has 0 aliphatic rings. The molecule has 106 valence electrons. The molecular formula is C14H16N2O4. The molecule has 0 N–H and O–H groups in total. The number of nitrogens with zero attached hydrogens (tertiary/aromatic N) is 2. The fraction of sp³-hybridized carbons (Fsp3) is 0.429. The fourth-order valence-corrected chi connectivity index (χ4v) is 1.67. The van der Waals surface area contributed by atoms with Gasteiger partial charge in [0.2, 0.25) is 0 Å². The lowest BCUT2D eigenvalue weighted by Gasteiger charge is -2.19. The van der Waals surface area contributed by atoms with E-state index in [4.69, 9.17) is 10.00 Å². The summed E-state index contributed by atoms with van der Waals surface area (Å²) in [6, 6.07) is 8.04. The highest BCUT2D eigenvalue weighted by Crippen LogP contribution is 2.25. The van der Waals surface area contributed by atoms with E-state index in [9.17, 15) is 14.9 Å². The zero-order chi connectivity index (χ0) is 15.2. The Kier molecular flexibility index (Phi) is 5.21. The summed E-state index contributed by atoms with van der Waals surface area (Å²) in [5.41, 5.74) is -0.346. The van der Waals surface area contributed by atoms with Gasteiger partial charge in [-0.15, -0.1) is 0 Å². The summed E-state index contributed by atoms with van der Waals surface area (Å²) in [6.07, 6.45) is 0.779. The van der Waals surface area contributed by atoms with E-state index < -0.39 is 16.3 Å². The fourth-order valence-electron chi connectivity index (χ4n) is 1.67. The highest BCUT2D eigenvalue weighted by Gasteiger charge is 2.34. The van der Waals surface area contributed by atoms with Gasteiger partial charge in [-0.2, -0.15) is 5.26 Å². The summed E-state index contributed by atoms with van der Waals surface area (Å²) in [4.78, 5) is 21.8. The highest BCUT2D eigenvalue weighted by atomic mass is 16.6. The van der Waals surface area contributed by atoms with Crippen molar-refractivity contribution in [2.24, 2.45) is 5.41 Å². The molecule has 0 aliphatic carbocycles. The third kappa shape index (κ3) is 3.79. The minimum absolute atomic E-state index is 0.0159. The number of carbonyl (C=O) groups excluding carboxylic acids is 1. The number of non-ortho nitro benzene ring substituents is 1. The second-order valence-corrected chi connectivity index (χ2v) is 4.59. The third-order valence-corrected chi connectivity index (χ3v) is 3.03. The SMILES string of the molecule is CCOC(=O)C(C)(C#N)CCc1ccc([N+](=O)[O-])cc1. The van der Waals surface area contributed by atoms with Crippen molar-refractivity contribution >= 4 is 11.7 Å². The van der Waals surface area contributed by atoms with Crippen LogP contribution in [0.1, 0.15) is 25.8 Å².